The Morgan fingerprint density at radius 2 is 1.98 bits per heavy atom. The first-order valence-corrected chi connectivity index (χ1v) is 14.2. The molecular weight excluding hydrogens is 506 g/mol. The average molecular weight is 542 g/mol. The van der Waals surface area contributed by atoms with Crippen molar-refractivity contribution in [2.45, 2.75) is 65.5 Å². The monoisotopic (exact) mass is 541 g/mol. The van der Waals surface area contributed by atoms with E-state index < -0.39 is 0 Å². The van der Waals surface area contributed by atoms with Crippen LogP contribution in [0.5, 0.6) is 0 Å². The summed E-state index contributed by atoms with van der Waals surface area (Å²) in [6.45, 7) is 5.30. The molecule has 1 spiro atoms. The van der Waals surface area contributed by atoms with E-state index in [0.29, 0.717) is 41.3 Å². The van der Waals surface area contributed by atoms with Crippen LogP contribution in [0.4, 0.5) is 11.5 Å². The summed E-state index contributed by atoms with van der Waals surface area (Å²) in [6, 6.07) is 5.47. The fraction of sp³-hybridized carbons (Fsp3) is 0.484. The summed E-state index contributed by atoms with van der Waals surface area (Å²) in [5.74, 6) is 0.179. The molecule has 0 saturated heterocycles. The first kappa shape index (κ1) is 25.3. The Morgan fingerprint density at radius 3 is 2.67 bits per heavy atom. The standard InChI is InChI=1S/C31H35N5O4/c1-30(2)13-18-12-24-29(40)36(10-9-35(24)25(18)15-30)26-21(17-37)20(5-8-32-26)19-11-23(28(39)34(3)16-19)33-27(38)22-14-31(22)6-4-7-31/h5,8,11-12,16,22,37H,4,6-7,9-10,13-15,17H2,1-3H3,(H,33,38)/t22-/m0/s1. The minimum atomic E-state index is -0.330. The molecule has 40 heavy (non-hydrogen) atoms. The third kappa shape index (κ3) is 3.78. The molecule has 9 heteroatoms. The first-order valence-electron chi connectivity index (χ1n) is 14.2. The van der Waals surface area contributed by atoms with Crippen LogP contribution in [0.25, 0.3) is 11.1 Å². The number of rotatable bonds is 5. The summed E-state index contributed by atoms with van der Waals surface area (Å²) >= 11 is 0. The zero-order valence-corrected chi connectivity index (χ0v) is 23.3. The van der Waals surface area contributed by atoms with Gasteiger partial charge in [-0.15, -0.1) is 0 Å². The lowest BCUT2D eigenvalue weighted by atomic mass is 9.79. The average Bonchev–Trinajstić information content (AvgIpc) is 3.50. The highest BCUT2D eigenvalue weighted by Gasteiger charge is 2.60. The van der Waals surface area contributed by atoms with Crippen molar-refractivity contribution < 1.29 is 14.7 Å². The van der Waals surface area contributed by atoms with Gasteiger partial charge in [0.2, 0.25) is 5.91 Å². The summed E-state index contributed by atoms with van der Waals surface area (Å²) in [5, 5.41) is 13.4. The van der Waals surface area contributed by atoms with Gasteiger partial charge in [-0.05, 0) is 72.3 Å². The number of aromatic nitrogens is 3. The summed E-state index contributed by atoms with van der Waals surface area (Å²) in [5.41, 5.74) is 5.30. The summed E-state index contributed by atoms with van der Waals surface area (Å²) in [7, 11) is 1.65. The van der Waals surface area contributed by atoms with Gasteiger partial charge in [-0.1, -0.05) is 20.3 Å². The highest BCUT2D eigenvalue weighted by Crippen LogP contribution is 2.65. The van der Waals surface area contributed by atoms with Gasteiger partial charge in [-0.25, -0.2) is 4.98 Å². The molecule has 2 amide bonds. The Hall–Kier alpha value is -3.72. The van der Waals surface area contributed by atoms with Crippen LogP contribution in [0.1, 0.15) is 66.8 Å². The first-order chi connectivity index (χ1) is 19.1. The van der Waals surface area contributed by atoms with Crippen LogP contribution >= 0.6 is 0 Å². The van der Waals surface area contributed by atoms with Crippen molar-refractivity contribution in [3.05, 3.63) is 63.5 Å². The number of fused-ring (bicyclic) bond motifs is 3. The second kappa shape index (κ2) is 8.64. The molecule has 7 rings (SSSR count). The molecule has 4 aliphatic rings. The van der Waals surface area contributed by atoms with Crippen molar-refractivity contribution in [2.75, 3.05) is 16.8 Å². The molecule has 0 aromatic carbocycles. The zero-order valence-electron chi connectivity index (χ0n) is 23.3. The largest absolute Gasteiger partial charge is 0.392 e. The number of carbonyl (C=O) groups excluding carboxylic acids is 2. The number of hydrogen-bond acceptors (Lipinski definition) is 5. The van der Waals surface area contributed by atoms with E-state index in [-0.39, 0.29) is 46.4 Å². The molecule has 0 bridgehead atoms. The van der Waals surface area contributed by atoms with E-state index in [1.54, 1.807) is 36.5 Å². The van der Waals surface area contributed by atoms with Crippen molar-refractivity contribution in [2.24, 2.45) is 23.8 Å². The highest BCUT2D eigenvalue weighted by atomic mass is 16.3. The van der Waals surface area contributed by atoms with Crippen molar-refractivity contribution in [1.82, 2.24) is 14.1 Å². The lowest BCUT2D eigenvalue weighted by Crippen LogP contribution is -2.41. The summed E-state index contributed by atoms with van der Waals surface area (Å²) < 4.78 is 3.60. The number of hydrogen-bond donors (Lipinski definition) is 2. The van der Waals surface area contributed by atoms with Crippen LogP contribution in [0.3, 0.4) is 0 Å². The van der Waals surface area contributed by atoms with Crippen molar-refractivity contribution in [3.8, 4) is 11.1 Å². The topological polar surface area (TPSA) is 109 Å². The van der Waals surface area contributed by atoms with E-state index in [0.717, 1.165) is 32.1 Å². The molecule has 208 valence electrons. The Morgan fingerprint density at radius 1 is 1.18 bits per heavy atom. The fourth-order valence-electron chi connectivity index (χ4n) is 7.32. The summed E-state index contributed by atoms with van der Waals surface area (Å²) in [6.07, 6.45) is 9.47. The van der Waals surface area contributed by atoms with Gasteiger partial charge in [-0.2, -0.15) is 0 Å². The lowest BCUT2D eigenvalue weighted by molar-refractivity contribution is -0.118. The Balaban J connectivity index is 1.21. The van der Waals surface area contributed by atoms with Gasteiger partial charge in [-0.3, -0.25) is 19.3 Å². The molecule has 4 heterocycles. The maximum Gasteiger partial charge on any atom is 0.276 e. The van der Waals surface area contributed by atoms with E-state index in [1.807, 2.05) is 6.07 Å². The number of nitrogens with zero attached hydrogens (tertiary/aromatic N) is 4. The molecule has 2 fully saturated rings. The van der Waals surface area contributed by atoms with Gasteiger partial charge in [0.1, 0.15) is 17.2 Å². The third-order valence-corrected chi connectivity index (χ3v) is 9.68. The maximum atomic E-state index is 13.7. The number of aliphatic hydroxyl groups excluding tert-OH is 1. The van der Waals surface area contributed by atoms with Gasteiger partial charge in [0, 0.05) is 55.3 Å². The van der Waals surface area contributed by atoms with E-state index >= 15 is 0 Å². The van der Waals surface area contributed by atoms with E-state index in [4.69, 9.17) is 0 Å². The van der Waals surface area contributed by atoms with Gasteiger partial charge < -0.3 is 19.6 Å². The molecule has 9 nitrogen and oxygen atoms in total. The van der Waals surface area contributed by atoms with Crippen molar-refractivity contribution in [1.29, 1.82) is 0 Å². The van der Waals surface area contributed by atoms with Crippen molar-refractivity contribution in [3.63, 3.8) is 0 Å². The molecule has 3 aromatic rings. The SMILES string of the molecule is Cn1cc(-c2ccnc(N3CCn4c(cc5c4CC(C)(C)C5)C3=O)c2CO)cc(NC(=O)[C@@H]2CC23CCC3)c1=O. The Labute approximate surface area is 232 Å². The minimum Gasteiger partial charge on any atom is -0.392 e. The van der Waals surface area contributed by atoms with Crippen LogP contribution in [-0.2, 0) is 37.8 Å². The van der Waals surface area contributed by atoms with Crippen LogP contribution in [0, 0.1) is 16.7 Å². The van der Waals surface area contributed by atoms with Crippen LogP contribution in [0.2, 0.25) is 0 Å². The molecule has 1 aliphatic heterocycles. The molecule has 3 aliphatic carbocycles. The molecular formula is C31H35N5O4. The van der Waals surface area contributed by atoms with E-state index in [1.165, 1.54) is 22.2 Å². The molecule has 0 unspecified atom stereocenters. The number of pyridine rings is 2. The van der Waals surface area contributed by atoms with Crippen LogP contribution < -0.4 is 15.8 Å². The van der Waals surface area contributed by atoms with Crippen LogP contribution in [0.15, 0.2) is 35.4 Å². The number of anilines is 2. The second-order valence-corrected chi connectivity index (χ2v) is 13.0. The number of carbonyl (C=O) groups is 2. The number of aliphatic hydroxyl groups is 1. The number of nitrogens with one attached hydrogen (secondary N) is 1. The highest BCUT2D eigenvalue weighted by molar-refractivity contribution is 6.06. The fourth-order valence-corrected chi connectivity index (χ4v) is 7.32. The number of aryl methyl sites for hydroxylation is 1. The van der Waals surface area contributed by atoms with Gasteiger partial charge in [0.05, 0.1) is 6.61 Å². The van der Waals surface area contributed by atoms with Crippen molar-refractivity contribution >= 4 is 23.3 Å². The predicted molar refractivity (Wildman–Crippen MR) is 151 cm³/mol. The quantitative estimate of drug-likeness (QED) is 0.513. The maximum absolute atomic E-state index is 13.7. The third-order valence-electron chi connectivity index (χ3n) is 9.68. The second-order valence-electron chi connectivity index (χ2n) is 13.0. The lowest BCUT2D eigenvalue weighted by Gasteiger charge is -2.31. The number of amides is 2. The van der Waals surface area contributed by atoms with E-state index in [9.17, 15) is 19.5 Å². The summed E-state index contributed by atoms with van der Waals surface area (Å²) in [4.78, 5) is 45.8. The molecule has 2 N–H and O–H groups in total. The molecule has 0 radical (unpaired) electrons. The van der Waals surface area contributed by atoms with Gasteiger partial charge in [0.15, 0.2) is 0 Å². The Kier molecular flexibility index (Phi) is 5.45. The van der Waals surface area contributed by atoms with Gasteiger partial charge in [0.25, 0.3) is 11.5 Å². The van der Waals surface area contributed by atoms with E-state index in [2.05, 4.69) is 28.7 Å². The van der Waals surface area contributed by atoms with Crippen LogP contribution in [-0.4, -0.2) is 37.6 Å². The normalized spacial score (nSPS) is 21.6. The molecule has 3 aromatic heterocycles. The zero-order chi connectivity index (χ0) is 28.0. The molecule has 1 atom stereocenters. The predicted octanol–water partition coefficient (Wildman–Crippen LogP) is 3.66. The Bertz CT molecular complexity index is 1640. The minimum absolute atomic E-state index is 0.0216. The smallest absolute Gasteiger partial charge is 0.276 e. The molecule has 2 saturated carbocycles. The van der Waals surface area contributed by atoms with Gasteiger partial charge >= 0.3 is 0 Å².